The number of rotatable bonds is 6. The topological polar surface area (TPSA) is 101 Å². The summed E-state index contributed by atoms with van der Waals surface area (Å²) in [7, 11) is 0. The molecule has 23 heavy (non-hydrogen) atoms. The quantitative estimate of drug-likeness (QED) is 0.554. The van der Waals surface area contributed by atoms with Crippen molar-refractivity contribution in [2.24, 2.45) is 0 Å². The average Bonchev–Trinajstić information content (AvgIpc) is 2.52. The molecule has 1 amide bonds. The minimum Gasteiger partial charge on any atom is -0.383 e. The van der Waals surface area contributed by atoms with Gasteiger partial charge in [-0.25, -0.2) is 4.98 Å². The molecule has 0 radical (unpaired) electrons. The monoisotopic (exact) mass is 332 g/mol. The van der Waals surface area contributed by atoms with Crippen LogP contribution < -0.4 is 16.6 Å². The summed E-state index contributed by atoms with van der Waals surface area (Å²) in [6, 6.07) is 9.29. The Hall–Kier alpha value is -2.28. The van der Waals surface area contributed by atoms with Crippen molar-refractivity contribution in [2.75, 3.05) is 11.5 Å². The van der Waals surface area contributed by atoms with E-state index in [1.807, 2.05) is 19.1 Å². The van der Waals surface area contributed by atoms with Gasteiger partial charge in [-0.2, -0.15) is 0 Å². The number of nitrogens with two attached hydrogens (primary N) is 1. The molecule has 1 aromatic heterocycles. The minimum absolute atomic E-state index is 0.0816. The summed E-state index contributed by atoms with van der Waals surface area (Å²) in [4.78, 5) is 29.8. The number of aromatic nitrogens is 2. The summed E-state index contributed by atoms with van der Waals surface area (Å²) >= 11 is 1.14. The smallest absolute Gasteiger partial charge is 0.253 e. The molecule has 1 aromatic carbocycles. The van der Waals surface area contributed by atoms with Crippen molar-refractivity contribution in [3.63, 3.8) is 0 Å². The second kappa shape index (κ2) is 7.82. The van der Waals surface area contributed by atoms with Crippen LogP contribution in [0.5, 0.6) is 0 Å². The first-order valence-corrected chi connectivity index (χ1v) is 8.34. The highest BCUT2D eigenvalue weighted by Gasteiger charge is 2.11. The van der Waals surface area contributed by atoms with Crippen molar-refractivity contribution in [3.05, 3.63) is 51.8 Å². The maximum Gasteiger partial charge on any atom is 0.253 e. The van der Waals surface area contributed by atoms with Gasteiger partial charge in [0.15, 0.2) is 5.16 Å². The number of hydrogen-bond acceptors (Lipinski definition) is 5. The molecule has 4 N–H and O–H groups in total. The van der Waals surface area contributed by atoms with Crippen LogP contribution in [0.25, 0.3) is 0 Å². The lowest BCUT2D eigenvalue weighted by Crippen LogP contribution is -2.28. The van der Waals surface area contributed by atoms with Crippen LogP contribution in [-0.4, -0.2) is 21.6 Å². The fourth-order valence-corrected chi connectivity index (χ4v) is 2.76. The van der Waals surface area contributed by atoms with Gasteiger partial charge in [0.25, 0.3) is 5.56 Å². The Kier molecular flexibility index (Phi) is 5.81. The number of nitrogens with one attached hydrogen (secondary N) is 2. The van der Waals surface area contributed by atoms with Gasteiger partial charge in [-0.05, 0) is 24.5 Å². The summed E-state index contributed by atoms with van der Waals surface area (Å²) in [6.45, 7) is 4.04. The van der Waals surface area contributed by atoms with Gasteiger partial charge >= 0.3 is 0 Å². The third-order valence-electron chi connectivity index (χ3n) is 3.35. The van der Waals surface area contributed by atoms with E-state index in [0.717, 1.165) is 23.7 Å². The highest BCUT2D eigenvalue weighted by Crippen LogP contribution is 2.15. The molecule has 0 aliphatic rings. The number of aromatic amines is 1. The van der Waals surface area contributed by atoms with Crippen LogP contribution in [0, 0.1) is 0 Å². The number of benzene rings is 1. The van der Waals surface area contributed by atoms with E-state index in [-0.39, 0.29) is 29.1 Å². The summed E-state index contributed by atoms with van der Waals surface area (Å²) in [6.07, 6.45) is 0.989. The largest absolute Gasteiger partial charge is 0.383 e. The third-order valence-corrected chi connectivity index (χ3v) is 4.22. The summed E-state index contributed by atoms with van der Waals surface area (Å²) in [5, 5.41) is 3.26. The van der Waals surface area contributed by atoms with Crippen LogP contribution in [0.2, 0.25) is 0 Å². The molecule has 1 unspecified atom stereocenters. The number of carbonyl (C=O) groups excluding carboxylic acids is 1. The maximum absolute atomic E-state index is 12.0. The lowest BCUT2D eigenvalue weighted by molar-refractivity contribution is -0.119. The normalized spacial score (nSPS) is 11.9. The Balaban J connectivity index is 1.89. The van der Waals surface area contributed by atoms with Gasteiger partial charge in [0.2, 0.25) is 5.91 Å². The molecule has 2 aromatic rings. The van der Waals surface area contributed by atoms with Crippen molar-refractivity contribution in [3.8, 4) is 0 Å². The van der Waals surface area contributed by atoms with Gasteiger partial charge in [-0.3, -0.25) is 9.59 Å². The van der Waals surface area contributed by atoms with E-state index in [2.05, 4.69) is 34.3 Å². The fourth-order valence-electron chi connectivity index (χ4n) is 2.06. The molecular formula is C16H20N4O2S. The number of hydrogen-bond donors (Lipinski definition) is 3. The molecule has 0 fully saturated rings. The molecule has 0 saturated carbocycles. The van der Waals surface area contributed by atoms with Gasteiger partial charge in [0.1, 0.15) is 5.82 Å². The molecular weight excluding hydrogens is 312 g/mol. The minimum atomic E-state index is -0.329. The zero-order chi connectivity index (χ0) is 16.8. The van der Waals surface area contributed by atoms with Crippen LogP contribution in [0.4, 0.5) is 5.82 Å². The van der Waals surface area contributed by atoms with Gasteiger partial charge in [-0.15, -0.1) is 0 Å². The van der Waals surface area contributed by atoms with E-state index in [4.69, 9.17) is 5.73 Å². The fraction of sp³-hybridized carbons (Fsp3) is 0.312. The number of aryl methyl sites for hydroxylation is 1. The number of thioether (sulfide) groups is 1. The van der Waals surface area contributed by atoms with E-state index in [9.17, 15) is 9.59 Å². The van der Waals surface area contributed by atoms with Crippen molar-refractivity contribution < 1.29 is 4.79 Å². The standard InChI is InChI=1S/C16H20N4O2S/c1-3-11-4-6-12(7-5-11)10(2)18-15(22)9-23-16-19-13(17)8-14(21)20-16/h4-8,10H,3,9H2,1-2H3,(H,18,22)(H3,17,19,20,21). The van der Waals surface area contributed by atoms with Crippen molar-refractivity contribution >= 4 is 23.5 Å². The van der Waals surface area contributed by atoms with Crippen LogP contribution >= 0.6 is 11.8 Å². The zero-order valence-corrected chi connectivity index (χ0v) is 13.9. The molecule has 6 nitrogen and oxygen atoms in total. The van der Waals surface area contributed by atoms with Crippen LogP contribution in [0.1, 0.15) is 31.0 Å². The van der Waals surface area contributed by atoms with Gasteiger partial charge < -0.3 is 16.0 Å². The van der Waals surface area contributed by atoms with E-state index in [1.165, 1.54) is 11.6 Å². The maximum atomic E-state index is 12.0. The number of nitrogen functional groups attached to an aromatic ring is 1. The SMILES string of the molecule is CCc1ccc(C(C)NC(=O)CSc2nc(N)cc(=O)[nH]2)cc1. The number of carbonyl (C=O) groups is 1. The summed E-state index contributed by atoms with van der Waals surface area (Å²) in [5.41, 5.74) is 7.49. The first-order valence-electron chi connectivity index (χ1n) is 7.35. The van der Waals surface area contributed by atoms with E-state index >= 15 is 0 Å². The second-order valence-electron chi connectivity index (χ2n) is 5.15. The third kappa shape index (κ3) is 5.14. The van der Waals surface area contributed by atoms with Crippen molar-refractivity contribution in [1.82, 2.24) is 15.3 Å². The first-order chi connectivity index (χ1) is 11.0. The van der Waals surface area contributed by atoms with Crippen LogP contribution in [-0.2, 0) is 11.2 Å². The Bertz CT molecular complexity index is 728. The Morgan fingerprint density at radius 1 is 1.39 bits per heavy atom. The van der Waals surface area contributed by atoms with E-state index in [0.29, 0.717) is 5.16 Å². The Morgan fingerprint density at radius 3 is 2.70 bits per heavy atom. The molecule has 7 heteroatoms. The second-order valence-corrected chi connectivity index (χ2v) is 6.11. The van der Waals surface area contributed by atoms with E-state index in [1.54, 1.807) is 0 Å². The van der Waals surface area contributed by atoms with Crippen molar-refractivity contribution in [1.29, 1.82) is 0 Å². The molecule has 1 atom stereocenters. The van der Waals surface area contributed by atoms with Gasteiger partial charge in [0, 0.05) is 6.07 Å². The summed E-state index contributed by atoms with van der Waals surface area (Å²) < 4.78 is 0. The molecule has 0 saturated heterocycles. The van der Waals surface area contributed by atoms with E-state index < -0.39 is 0 Å². The lowest BCUT2D eigenvalue weighted by atomic mass is 10.1. The van der Waals surface area contributed by atoms with Crippen LogP contribution in [0.15, 0.2) is 40.3 Å². The number of anilines is 1. The number of H-pyrrole nitrogens is 1. The highest BCUT2D eigenvalue weighted by atomic mass is 32.2. The first kappa shape index (κ1) is 17.1. The number of amides is 1. The molecule has 2 rings (SSSR count). The van der Waals surface area contributed by atoms with Gasteiger partial charge in [-0.1, -0.05) is 43.0 Å². The van der Waals surface area contributed by atoms with Crippen molar-refractivity contribution in [2.45, 2.75) is 31.5 Å². The predicted molar refractivity (Wildman–Crippen MR) is 92.4 cm³/mol. The Labute approximate surface area is 138 Å². The lowest BCUT2D eigenvalue weighted by Gasteiger charge is -2.14. The highest BCUT2D eigenvalue weighted by molar-refractivity contribution is 7.99. The molecule has 1 heterocycles. The molecule has 122 valence electrons. The predicted octanol–water partition coefficient (Wildman–Crippen LogP) is 1.88. The number of nitrogens with zero attached hydrogens (tertiary/aromatic N) is 1. The molecule has 0 bridgehead atoms. The zero-order valence-electron chi connectivity index (χ0n) is 13.1. The molecule has 0 aliphatic heterocycles. The van der Waals surface area contributed by atoms with Gasteiger partial charge in [0.05, 0.1) is 11.8 Å². The average molecular weight is 332 g/mol. The molecule has 0 spiro atoms. The molecule has 0 aliphatic carbocycles. The van der Waals surface area contributed by atoms with Crippen LogP contribution in [0.3, 0.4) is 0 Å². The Morgan fingerprint density at radius 2 is 2.09 bits per heavy atom. The summed E-state index contributed by atoms with van der Waals surface area (Å²) in [5.74, 6) is 0.164.